The van der Waals surface area contributed by atoms with Crippen LogP contribution in [0.2, 0.25) is 0 Å². The van der Waals surface area contributed by atoms with Crippen LogP contribution in [0.3, 0.4) is 0 Å². The molecule has 4 atom stereocenters. The molecule has 10 heteroatoms. The largest absolute Gasteiger partial charge is 0.494 e. The Bertz CT molecular complexity index is 1080. The van der Waals surface area contributed by atoms with Gasteiger partial charge in [0.1, 0.15) is 12.3 Å². The summed E-state index contributed by atoms with van der Waals surface area (Å²) in [5.41, 5.74) is 0. The van der Waals surface area contributed by atoms with E-state index >= 15 is 0 Å². The van der Waals surface area contributed by atoms with E-state index in [2.05, 4.69) is 0 Å². The van der Waals surface area contributed by atoms with Crippen molar-refractivity contribution in [1.29, 1.82) is 0 Å². The van der Waals surface area contributed by atoms with E-state index < -0.39 is 10.0 Å². The summed E-state index contributed by atoms with van der Waals surface area (Å²) in [7, 11) is -3.68. The number of hydrogen-bond acceptors (Lipinski definition) is 6. The van der Waals surface area contributed by atoms with Crippen molar-refractivity contribution in [3.05, 3.63) is 36.4 Å². The van der Waals surface area contributed by atoms with Crippen LogP contribution < -0.4 is 4.74 Å². The Morgan fingerprint density at radius 1 is 0.970 bits per heavy atom. The number of hydrogen-bond donors (Lipinski definition) is 0. The number of nitrogens with zero attached hydrogens (tertiary/aromatic N) is 3. The standard InChI is InChI=1S/C23H27N3O6S/c1-2-32-17-5-7-18(8-6-17)33(30,31)25-11-9-24(10-12-25)19(27)14-26-22(28)20-15-3-4-16(13-15)21(20)23(26)29/h3-8,15-16,20-21H,2,9-14H2,1H3. The van der Waals surface area contributed by atoms with Gasteiger partial charge in [0.25, 0.3) is 0 Å². The van der Waals surface area contributed by atoms with Crippen molar-refractivity contribution in [3.8, 4) is 5.75 Å². The third-order valence-electron chi connectivity index (χ3n) is 7.22. The van der Waals surface area contributed by atoms with E-state index in [1.807, 2.05) is 19.1 Å². The number of carbonyl (C=O) groups excluding carboxylic acids is 3. The van der Waals surface area contributed by atoms with Gasteiger partial charge < -0.3 is 9.64 Å². The third kappa shape index (κ3) is 3.65. The Hall–Kier alpha value is -2.72. The number of carbonyl (C=O) groups is 3. The maximum atomic E-state index is 13.0. The van der Waals surface area contributed by atoms with Crippen molar-refractivity contribution in [1.82, 2.24) is 14.1 Å². The fourth-order valence-corrected chi connectivity index (χ4v) is 6.98. The van der Waals surface area contributed by atoms with Crippen molar-refractivity contribution in [2.45, 2.75) is 18.2 Å². The monoisotopic (exact) mass is 473 g/mol. The molecule has 4 aliphatic rings. The van der Waals surface area contributed by atoms with Crippen LogP contribution in [0, 0.1) is 23.7 Å². The van der Waals surface area contributed by atoms with Gasteiger partial charge >= 0.3 is 0 Å². The average molecular weight is 474 g/mol. The molecule has 2 bridgehead atoms. The van der Waals surface area contributed by atoms with Gasteiger partial charge in [-0.05, 0) is 49.4 Å². The SMILES string of the molecule is CCOc1ccc(S(=O)(=O)N2CCN(C(=O)CN3C(=O)C4C5C=CC(C5)C4C3=O)CC2)cc1. The highest BCUT2D eigenvalue weighted by Crippen LogP contribution is 2.52. The minimum Gasteiger partial charge on any atom is -0.494 e. The molecule has 176 valence electrons. The van der Waals surface area contributed by atoms with Gasteiger partial charge in [-0.3, -0.25) is 19.3 Å². The number of amides is 3. The lowest BCUT2D eigenvalue weighted by Crippen LogP contribution is -2.53. The first-order valence-corrected chi connectivity index (χ1v) is 12.8. The lowest BCUT2D eigenvalue weighted by Gasteiger charge is -2.34. The average Bonchev–Trinajstić information content (AvgIpc) is 3.50. The number of fused-ring (bicyclic) bond motifs is 5. The summed E-state index contributed by atoms with van der Waals surface area (Å²) in [6.07, 6.45) is 4.89. The van der Waals surface area contributed by atoms with Crippen LogP contribution in [0.25, 0.3) is 0 Å². The summed E-state index contributed by atoms with van der Waals surface area (Å²) in [6, 6.07) is 6.28. The maximum absolute atomic E-state index is 13.0. The van der Waals surface area contributed by atoms with Crippen molar-refractivity contribution < 1.29 is 27.5 Å². The first kappa shape index (κ1) is 22.1. The summed E-state index contributed by atoms with van der Waals surface area (Å²) in [4.78, 5) is 41.3. The predicted octanol–water partition coefficient (Wildman–Crippen LogP) is 0.725. The topological polar surface area (TPSA) is 104 Å². The molecule has 1 aromatic rings. The zero-order chi connectivity index (χ0) is 23.3. The maximum Gasteiger partial charge on any atom is 0.243 e. The zero-order valence-corrected chi connectivity index (χ0v) is 19.2. The third-order valence-corrected chi connectivity index (χ3v) is 9.13. The molecule has 0 aromatic heterocycles. The predicted molar refractivity (Wildman–Crippen MR) is 117 cm³/mol. The molecular formula is C23H27N3O6S. The van der Waals surface area contributed by atoms with Crippen molar-refractivity contribution >= 4 is 27.7 Å². The van der Waals surface area contributed by atoms with Gasteiger partial charge in [0.2, 0.25) is 27.7 Å². The van der Waals surface area contributed by atoms with Crippen molar-refractivity contribution in [3.63, 3.8) is 0 Å². The van der Waals surface area contributed by atoms with Gasteiger partial charge in [-0.1, -0.05) is 12.2 Å². The van der Waals surface area contributed by atoms with E-state index in [-0.39, 0.29) is 79.0 Å². The lowest BCUT2D eigenvalue weighted by atomic mass is 9.85. The summed E-state index contributed by atoms with van der Waals surface area (Å²) >= 11 is 0. The van der Waals surface area contributed by atoms with E-state index in [1.54, 1.807) is 12.1 Å². The Morgan fingerprint density at radius 3 is 2.09 bits per heavy atom. The number of sulfonamides is 1. The van der Waals surface area contributed by atoms with Gasteiger partial charge in [-0.2, -0.15) is 4.31 Å². The van der Waals surface area contributed by atoms with Gasteiger partial charge in [-0.15, -0.1) is 0 Å². The van der Waals surface area contributed by atoms with E-state index in [9.17, 15) is 22.8 Å². The molecule has 2 aliphatic carbocycles. The number of imide groups is 1. The van der Waals surface area contributed by atoms with Gasteiger partial charge in [0, 0.05) is 26.2 Å². The Balaban J connectivity index is 1.19. The summed E-state index contributed by atoms with van der Waals surface area (Å²) in [5, 5.41) is 0. The zero-order valence-electron chi connectivity index (χ0n) is 18.4. The second-order valence-electron chi connectivity index (χ2n) is 8.95. The van der Waals surface area contributed by atoms with E-state index in [1.165, 1.54) is 21.3 Å². The van der Waals surface area contributed by atoms with E-state index in [0.29, 0.717) is 12.4 Å². The molecule has 33 heavy (non-hydrogen) atoms. The van der Waals surface area contributed by atoms with E-state index in [4.69, 9.17) is 4.74 Å². The smallest absolute Gasteiger partial charge is 0.243 e. The lowest BCUT2D eigenvalue weighted by molar-refractivity contribution is -0.147. The molecular weight excluding hydrogens is 446 g/mol. The fourth-order valence-electron chi connectivity index (χ4n) is 5.56. The molecule has 2 aliphatic heterocycles. The normalized spacial score (nSPS) is 29.1. The van der Waals surface area contributed by atoms with Gasteiger partial charge in [-0.25, -0.2) is 8.42 Å². The summed E-state index contributed by atoms with van der Waals surface area (Å²) < 4.78 is 32.6. The molecule has 2 saturated heterocycles. The minimum absolute atomic E-state index is 0.105. The first-order chi connectivity index (χ1) is 15.8. The van der Waals surface area contributed by atoms with Crippen LogP contribution in [0.5, 0.6) is 5.75 Å². The fraction of sp³-hybridized carbons (Fsp3) is 0.522. The molecule has 9 nitrogen and oxygen atoms in total. The highest BCUT2D eigenvalue weighted by atomic mass is 32.2. The molecule has 4 unspecified atom stereocenters. The van der Waals surface area contributed by atoms with Crippen LogP contribution in [0.1, 0.15) is 13.3 Å². The molecule has 1 saturated carbocycles. The number of rotatable bonds is 6. The Morgan fingerprint density at radius 2 is 1.55 bits per heavy atom. The molecule has 3 amide bonds. The molecule has 2 heterocycles. The second kappa shape index (κ2) is 8.25. The summed E-state index contributed by atoms with van der Waals surface area (Å²) in [5.74, 6) is -0.645. The second-order valence-corrected chi connectivity index (χ2v) is 10.9. The summed E-state index contributed by atoms with van der Waals surface area (Å²) in [6.45, 7) is 2.82. The van der Waals surface area contributed by atoms with Crippen LogP contribution in [0.4, 0.5) is 0 Å². The Labute approximate surface area is 193 Å². The molecule has 0 radical (unpaired) electrons. The van der Waals surface area contributed by atoms with Crippen molar-refractivity contribution in [2.24, 2.45) is 23.7 Å². The number of likely N-dealkylation sites (tertiary alicyclic amines) is 1. The highest BCUT2D eigenvalue weighted by molar-refractivity contribution is 7.89. The van der Waals surface area contributed by atoms with Gasteiger partial charge in [0.15, 0.2) is 0 Å². The number of allylic oxidation sites excluding steroid dienone is 2. The van der Waals surface area contributed by atoms with Gasteiger partial charge in [0.05, 0.1) is 23.3 Å². The van der Waals surface area contributed by atoms with Crippen LogP contribution in [-0.2, 0) is 24.4 Å². The van der Waals surface area contributed by atoms with E-state index in [0.717, 1.165) is 11.3 Å². The van der Waals surface area contributed by atoms with Crippen LogP contribution in [-0.4, -0.2) is 79.6 Å². The molecule has 5 rings (SSSR count). The molecule has 3 fully saturated rings. The molecule has 0 N–H and O–H groups in total. The quantitative estimate of drug-likeness (QED) is 0.446. The van der Waals surface area contributed by atoms with Crippen LogP contribution >= 0.6 is 0 Å². The number of ether oxygens (including phenoxy) is 1. The minimum atomic E-state index is -3.68. The highest BCUT2D eigenvalue weighted by Gasteiger charge is 2.59. The van der Waals surface area contributed by atoms with Crippen LogP contribution in [0.15, 0.2) is 41.3 Å². The Kier molecular flexibility index (Phi) is 5.52. The number of piperazine rings is 1. The van der Waals surface area contributed by atoms with Crippen molar-refractivity contribution in [2.75, 3.05) is 39.3 Å². The molecule has 1 aromatic carbocycles. The number of benzene rings is 1. The molecule has 0 spiro atoms. The first-order valence-electron chi connectivity index (χ1n) is 11.4.